The van der Waals surface area contributed by atoms with E-state index in [0.29, 0.717) is 12.2 Å². The molecule has 0 bridgehead atoms. The van der Waals surface area contributed by atoms with Crippen LogP contribution in [0.25, 0.3) is 0 Å². The average molecular weight is 324 g/mol. The number of nitrogens with zero attached hydrogens (tertiary/aromatic N) is 3. The molecule has 4 nitrogen and oxygen atoms in total. The molecule has 0 fully saturated rings. The van der Waals surface area contributed by atoms with Crippen molar-refractivity contribution >= 4 is 15.9 Å². The summed E-state index contributed by atoms with van der Waals surface area (Å²) in [5, 5.41) is 17.7. The van der Waals surface area contributed by atoms with Crippen LogP contribution in [0.2, 0.25) is 0 Å². The summed E-state index contributed by atoms with van der Waals surface area (Å²) >= 11 is 3.47. The summed E-state index contributed by atoms with van der Waals surface area (Å²) in [6, 6.07) is 8.13. The molecule has 0 aliphatic carbocycles. The third kappa shape index (κ3) is 3.22. The lowest BCUT2D eigenvalue weighted by molar-refractivity contribution is 0.248. The van der Waals surface area contributed by atoms with Gasteiger partial charge >= 0.3 is 0 Å². The topological polar surface area (TPSA) is 50.9 Å². The van der Waals surface area contributed by atoms with Crippen molar-refractivity contribution in [2.75, 3.05) is 0 Å². The van der Waals surface area contributed by atoms with Crippen molar-refractivity contribution in [1.29, 1.82) is 0 Å². The Hall–Kier alpha value is -1.20. The monoisotopic (exact) mass is 323 g/mol. The molecule has 0 aliphatic heterocycles. The number of benzene rings is 1. The van der Waals surface area contributed by atoms with E-state index < -0.39 is 0 Å². The van der Waals surface area contributed by atoms with Gasteiger partial charge in [0.15, 0.2) is 5.82 Å². The molecule has 0 amide bonds. The molecule has 2 aromatic rings. The van der Waals surface area contributed by atoms with Gasteiger partial charge in [0.25, 0.3) is 0 Å². The zero-order valence-electron chi connectivity index (χ0n) is 11.4. The van der Waals surface area contributed by atoms with Crippen LogP contribution in [0, 0.1) is 0 Å². The lowest BCUT2D eigenvalue weighted by Gasteiger charge is -2.24. The van der Waals surface area contributed by atoms with E-state index in [1.807, 2.05) is 16.7 Å². The maximum atomic E-state index is 9.37. The second-order valence-electron chi connectivity index (χ2n) is 5.50. The minimum atomic E-state index is -0.150. The van der Waals surface area contributed by atoms with Crippen LogP contribution in [0.4, 0.5) is 0 Å². The number of aliphatic hydroxyl groups is 1. The third-order valence-electron chi connectivity index (χ3n) is 2.86. The summed E-state index contributed by atoms with van der Waals surface area (Å²) in [6.45, 7) is 6.16. The minimum absolute atomic E-state index is 0.0945. The smallest absolute Gasteiger partial charge is 0.159 e. The number of halogens is 1. The largest absolute Gasteiger partial charge is 0.388 e. The van der Waals surface area contributed by atoms with Gasteiger partial charge in [-0.15, -0.1) is 10.2 Å². The predicted octanol–water partition coefficient (Wildman–Crippen LogP) is 2.88. The predicted molar refractivity (Wildman–Crippen MR) is 77.9 cm³/mol. The summed E-state index contributed by atoms with van der Waals surface area (Å²) in [4.78, 5) is 0. The fourth-order valence-corrected chi connectivity index (χ4v) is 2.62. The van der Waals surface area contributed by atoms with Crippen molar-refractivity contribution < 1.29 is 5.11 Å². The second-order valence-corrected chi connectivity index (χ2v) is 6.42. The van der Waals surface area contributed by atoms with E-state index in [2.05, 4.69) is 59.0 Å². The van der Waals surface area contributed by atoms with Crippen LogP contribution in [-0.4, -0.2) is 19.9 Å². The van der Waals surface area contributed by atoms with Gasteiger partial charge in [0, 0.05) is 16.4 Å². The van der Waals surface area contributed by atoms with E-state index in [1.54, 1.807) is 0 Å². The van der Waals surface area contributed by atoms with E-state index >= 15 is 0 Å². The van der Waals surface area contributed by atoms with Crippen molar-refractivity contribution in [1.82, 2.24) is 14.8 Å². The average Bonchev–Trinajstić information content (AvgIpc) is 2.71. The minimum Gasteiger partial charge on any atom is -0.388 e. The van der Waals surface area contributed by atoms with Crippen molar-refractivity contribution in [3.63, 3.8) is 0 Å². The zero-order chi connectivity index (χ0) is 14.0. The number of aliphatic hydroxyl groups excluding tert-OH is 1. The highest BCUT2D eigenvalue weighted by molar-refractivity contribution is 9.10. The van der Waals surface area contributed by atoms with Crippen molar-refractivity contribution in [3.8, 4) is 0 Å². The first kappa shape index (κ1) is 14.2. The molecular formula is C14H18BrN3O. The molecule has 0 radical (unpaired) electrons. The molecule has 0 unspecified atom stereocenters. The highest BCUT2D eigenvalue weighted by Gasteiger charge is 2.22. The van der Waals surface area contributed by atoms with Crippen LogP contribution in [-0.2, 0) is 18.6 Å². The van der Waals surface area contributed by atoms with Crippen LogP contribution in [0.15, 0.2) is 28.7 Å². The maximum Gasteiger partial charge on any atom is 0.159 e. The van der Waals surface area contributed by atoms with Crippen molar-refractivity contribution in [2.24, 2.45) is 0 Å². The molecule has 19 heavy (non-hydrogen) atoms. The summed E-state index contributed by atoms with van der Waals surface area (Å²) in [7, 11) is 0. The van der Waals surface area contributed by atoms with Gasteiger partial charge in [0.1, 0.15) is 12.4 Å². The SMILES string of the molecule is CC(C)(C)n1c(CO)nnc1Cc1cccc(Br)c1. The molecule has 102 valence electrons. The van der Waals surface area contributed by atoms with Gasteiger partial charge in [-0.3, -0.25) is 0 Å². The Morgan fingerprint density at radius 1 is 1.21 bits per heavy atom. The molecule has 5 heteroatoms. The maximum absolute atomic E-state index is 9.37. The first-order chi connectivity index (χ1) is 8.91. The molecule has 0 spiro atoms. The van der Waals surface area contributed by atoms with Crippen LogP contribution in [0.1, 0.15) is 38.0 Å². The van der Waals surface area contributed by atoms with Crippen LogP contribution >= 0.6 is 15.9 Å². The molecule has 0 saturated carbocycles. The number of aromatic nitrogens is 3. The van der Waals surface area contributed by atoms with Crippen LogP contribution in [0.5, 0.6) is 0 Å². The summed E-state index contributed by atoms with van der Waals surface area (Å²) in [5.74, 6) is 1.48. The van der Waals surface area contributed by atoms with E-state index in [0.717, 1.165) is 15.9 Å². The molecule has 1 aromatic heterocycles. The van der Waals surface area contributed by atoms with Gasteiger partial charge in [-0.05, 0) is 38.5 Å². The Morgan fingerprint density at radius 3 is 2.47 bits per heavy atom. The Kier molecular flexibility index (Phi) is 4.06. The first-order valence-corrected chi connectivity index (χ1v) is 7.00. The van der Waals surface area contributed by atoms with Crippen LogP contribution in [0.3, 0.4) is 0 Å². The van der Waals surface area contributed by atoms with Crippen molar-refractivity contribution in [3.05, 3.63) is 46.0 Å². The fourth-order valence-electron chi connectivity index (χ4n) is 2.17. The van der Waals surface area contributed by atoms with Gasteiger partial charge in [-0.25, -0.2) is 0 Å². The summed E-state index contributed by atoms with van der Waals surface area (Å²) in [5.41, 5.74) is 1.01. The van der Waals surface area contributed by atoms with E-state index in [4.69, 9.17) is 0 Å². The Bertz CT molecular complexity index is 572. The number of hydrogen-bond acceptors (Lipinski definition) is 3. The lowest BCUT2D eigenvalue weighted by atomic mass is 10.1. The zero-order valence-corrected chi connectivity index (χ0v) is 13.0. The normalized spacial score (nSPS) is 11.8. The Morgan fingerprint density at radius 2 is 1.89 bits per heavy atom. The third-order valence-corrected chi connectivity index (χ3v) is 3.35. The van der Waals surface area contributed by atoms with Crippen LogP contribution < -0.4 is 0 Å². The Balaban J connectivity index is 2.38. The lowest BCUT2D eigenvalue weighted by Crippen LogP contribution is -2.26. The van der Waals surface area contributed by atoms with Gasteiger partial charge in [0.05, 0.1) is 0 Å². The molecule has 1 N–H and O–H groups in total. The standard InChI is InChI=1S/C14H18BrN3O/c1-14(2,3)18-12(16-17-13(18)9-19)8-10-5-4-6-11(15)7-10/h4-7,19H,8-9H2,1-3H3. The van der Waals surface area contributed by atoms with Gasteiger partial charge in [-0.2, -0.15) is 0 Å². The number of hydrogen-bond donors (Lipinski definition) is 1. The van der Waals surface area contributed by atoms with Gasteiger partial charge < -0.3 is 9.67 Å². The molecule has 1 aromatic carbocycles. The molecule has 0 saturated heterocycles. The molecule has 0 aliphatic rings. The van der Waals surface area contributed by atoms with Gasteiger partial charge in [-0.1, -0.05) is 28.1 Å². The van der Waals surface area contributed by atoms with Gasteiger partial charge in [0.2, 0.25) is 0 Å². The number of rotatable bonds is 3. The Labute approximate surface area is 121 Å². The van der Waals surface area contributed by atoms with E-state index in [1.165, 1.54) is 0 Å². The molecule has 1 heterocycles. The highest BCUT2D eigenvalue weighted by Crippen LogP contribution is 2.21. The first-order valence-electron chi connectivity index (χ1n) is 6.21. The van der Waals surface area contributed by atoms with E-state index in [9.17, 15) is 5.11 Å². The summed E-state index contributed by atoms with van der Waals surface area (Å²) in [6.07, 6.45) is 0.698. The van der Waals surface area contributed by atoms with E-state index in [-0.39, 0.29) is 12.1 Å². The second kappa shape index (κ2) is 5.43. The summed E-state index contributed by atoms with van der Waals surface area (Å²) < 4.78 is 3.06. The quantitative estimate of drug-likeness (QED) is 0.944. The molecule has 0 atom stereocenters. The molecular weight excluding hydrogens is 306 g/mol. The fraction of sp³-hybridized carbons (Fsp3) is 0.429. The molecule has 2 rings (SSSR count). The highest BCUT2D eigenvalue weighted by atomic mass is 79.9. The van der Waals surface area contributed by atoms with Crippen molar-refractivity contribution in [2.45, 2.75) is 39.3 Å².